The summed E-state index contributed by atoms with van der Waals surface area (Å²) in [6.45, 7) is 4.28. The Morgan fingerprint density at radius 2 is 2.21 bits per heavy atom. The molecule has 0 radical (unpaired) electrons. The third-order valence-corrected chi connectivity index (χ3v) is 2.47. The van der Waals surface area contributed by atoms with Crippen molar-refractivity contribution in [2.24, 2.45) is 0 Å². The van der Waals surface area contributed by atoms with Crippen LogP contribution in [0.3, 0.4) is 0 Å². The smallest absolute Gasteiger partial charge is 0.0419 e. The van der Waals surface area contributed by atoms with E-state index in [1.807, 2.05) is 13.2 Å². The summed E-state index contributed by atoms with van der Waals surface area (Å²) in [5.41, 5.74) is 2.41. The summed E-state index contributed by atoms with van der Waals surface area (Å²) in [6, 6.07) is 4.81. The van der Waals surface area contributed by atoms with Crippen LogP contribution in [0.2, 0.25) is 0 Å². The predicted octanol–water partition coefficient (Wildman–Crippen LogP) is 2.32. The Labute approximate surface area is 86.8 Å². The van der Waals surface area contributed by atoms with Crippen LogP contribution < -0.4 is 5.32 Å². The number of hydrogen-bond acceptors (Lipinski definition) is 2. The lowest BCUT2D eigenvalue weighted by molar-refractivity contribution is 0.509. The topological polar surface area (TPSA) is 24.9 Å². The Balaban J connectivity index is 2.53. The van der Waals surface area contributed by atoms with E-state index in [0.29, 0.717) is 6.04 Å². The van der Waals surface area contributed by atoms with Gasteiger partial charge >= 0.3 is 0 Å². The molecule has 1 aromatic heterocycles. The number of aromatic nitrogens is 1. The Morgan fingerprint density at radius 3 is 2.71 bits per heavy atom. The molecule has 0 fully saturated rings. The molecule has 2 nitrogen and oxygen atoms in total. The molecule has 0 spiro atoms. The van der Waals surface area contributed by atoms with Crippen LogP contribution in [-0.4, -0.2) is 18.1 Å². The first-order valence-electron chi connectivity index (χ1n) is 5.35. The molecule has 1 aromatic rings. The number of nitrogens with zero attached hydrogens (tertiary/aromatic N) is 1. The summed E-state index contributed by atoms with van der Waals surface area (Å²) in [4.78, 5) is 4.41. The molecule has 1 atom stereocenters. The molecular weight excluding hydrogens is 172 g/mol. The van der Waals surface area contributed by atoms with Crippen LogP contribution in [0.5, 0.6) is 0 Å². The van der Waals surface area contributed by atoms with E-state index in [1.165, 1.54) is 24.1 Å². The minimum Gasteiger partial charge on any atom is -0.317 e. The van der Waals surface area contributed by atoms with Crippen molar-refractivity contribution in [1.82, 2.24) is 10.3 Å². The Bertz CT molecular complexity index is 254. The van der Waals surface area contributed by atoms with Crippen LogP contribution in [-0.2, 0) is 6.42 Å². The van der Waals surface area contributed by atoms with Gasteiger partial charge in [0.15, 0.2) is 0 Å². The minimum absolute atomic E-state index is 0.565. The maximum Gasteiger partial charge on any atom is 0.0419 e. The molecule has 1 rings (SSSR count). The fourth-order valence-corrected chi connectivity index (χ4v) is 1.57. The van der Waals surface area contributed by atoms with Gasteiger partial charge in [-0.25, -0.2) is 0 Å². The highest BCUT2D eigenvalue weighted by atomic mass is 14.9. The molecule has 0 aliphatic heterocycles. The van der Waals surface area contributed by atoms with Crippen molar-refractivity contribution in [3.8, 4) is 0 Å². The van der Waals surface area contributed by atoms with Gasteiger partial charge in [0.05, 0.1) is 0 Å². The van der Waals surface area contributed by atoms with Crippen LogP contribution in [0.1, 0.15) is 31.0 Å². The zero-order valence-electron chi connectivity index (χ0n) is 9.38. The third kappa shape index (κ3) is 3.46. The summed E-state index contributed by atoms with van der Waals surface area (Å²) in [7, 11) is 2.02. The summed E-state index contributed by atoms with van der Waals surface area (Å²) in [5, 5.41) is 3.33. The van der Waals surface area contributed by atoms with Crippen molar-refractivity contribution < 1.29 is 0 Å². The maximum absolute atomic E-state index is 4.41. The summed E-state index contributed by atoms with van der Waals surface area (Å²) < 4.78 is 0. The van der Waals surface area contributed by atoms with Crippen LogP contribution in [0.25, 0.3) is 0 Å². The monoisotopic (exact) mass is 192 g/mol. The number of likely N-dealkylation sites (N-methyl/N-ethyl adjacent to an activating group) is 1. The number of aryl methyl sites for hydroxylation is 1. The quantitative estimate of drug-likeness (QED) is 0.774. The molecule has 0 aliphatic carbocycles. The van der Waals surface area contributed by atoms with E-state index in [0.717, 1.165) is 6.42 Å². The van der Waals surface area contributed by atoms with Gasteiger partial charge in [-0.05, 0) is 32.0 Å². The van der Waals surface area contributed by atoms with Crippen molar-refractivity contribution in [3.63, 3.8) is 0 Å². The average Bonchev–Trinajstić information content (AvgIpc) is 2.20. The Morgan fingerprint density at radius 1 is 1.43 bits per heavy atom. The lowest BCUT2D eigenvalue weighted by Gasteiger charge is -2.14. The van der Waals surface area contributed by atoms with Gasteiger partial charge in [0.1, 0.15) is 0 Å². The van der Waals surface area contributed by atoms with Gasteiger partial charge in [0.2, 0.25) is 0 Å². The molecule has 2 heteroatoms. The summed E-state index contributed by atoms with van der Waals surface area (Å²) in [6.07, 6.45) is 5.40. The molecule has 0 aromatic carbocycles. The van der Waals surface area contributed by atoms with Crippen molar-refractivity contribution in [1.29, 1.82) is 0 Å². The predicted molar refractivity (Wildman–Crippen MR) is 60.4 cm³/mol. The van der Waals surface area contributed by atoms with E-state index < -0.39 is 0 Å². The molecule has 0 amide bonds. The van der Waals surface area contributed by atoms with Crippen molar-refractivity contribution in [2.45, 2.75) is 39.2 Å². The van der Waals surface area contributed by atoms with Crippen LogP contribution in [0.15, 0.2) is 18.3 Å². The van der Waals surface area contributed by atoms with Gasteiger partial charge in [-0.15, -0.1) is 0 Å². The first kappa shape index (κ1) is 11.2. The maximum atomic E-state index is 4.41. The second kappa shape index (κ2) is 5.76. The highest BCUT2D eigenvalue weighted by molar-refractivity contribution is 5.13. The van der Waals surface area contributed by atoms with Gasteiger partial charge < -0.3 is 5.32 Å². The van der Waals surface area contributed by atoms with Gasteiger partial charge in [-0.2, -0.15) is 0 Å². The Kier molecular flexibility index (Phi) is 4.60. The zero-order chi connectivity index (χ0) is 10.4. The van der Waals surface area contributed by atoms with Crippen LogP contribution in [0, 0.1) is 6.92 Å². The zero-order valence-corrected chi connectivity index (χ0v) is 9.38. The van der Waals surface area contributed by atoms with E-state index in [2.05, 4.69) is 36.3 Å². The second-order valence-corrected chi connectivity index (χ2v) is 3.81. The fraction of sp³-hybridized carbons (Fsp3) is 0.583. The van der Waals surface area contributed by atoms with Gasteiger partial charge in [0.25, 0.3) is 0 Å². The summed E-state index contributed by atoms with van der Waals surface area (Å²) in [5.74, 6) is 0. The van der Waals surface area contributed by atoms with Crippen molar-refractivity contribution >= 4 is 0 Å². The lowest BCUT2D eigenvalue weighted by Crippen LogP contribution is -2.27. The van der Waals surface area contributed by atoms with Gasteiger partial charge in [-0.3, -0.25) is 4.98 Å². The standard InChI is InChI=1S/C12H20N2/c1-4-5-11(13-3)8-12-7-6-10(2)9-14-12/h6-7,9,11,13H,4-5,8H2,1-3H3. The van der Waals surface area contributed by atoms with E-state index in [9.17, 15) is 0 Å². The number of rotatable bonds is 5. The van der Waals surface area contributed by atoms with E-state index in [4.69, 9.17) is 0 Å². The summed E-state index contributed by atoms with van der Waals surface area (Å²) >= 11 is 0. The molecule has 0 saturated carbocycles. The second-order valence-electron chi connectivity index (χ2n) is 3.81. The molecule has 1 unspecified atom stereocenters. The number of pyridine rings is 1. The van der Waals surface area contributed by atoms with Crippen molar-refractivity contribution in [3.05, 3.63) is 29.6 Å². The molecule has 1 heterocycles. The van der Waals surface area contributed by atoms with E-state index in [-0.39, 0.29) is 0 Å². The van der Waals surface area contributed by atoms with E-state index >= 15 is 0 Å². The average molecular weight is 192 g/mol. The first-order chi connectivity index (χ1) is 6.76. The molecule has 0 bridgehead atoms. The highest BCUT2D eigenvalue weighted by Gasteiger charge is 2.06. The van der Waals surface area contributed by atoms with Crippen molar-refractivity contribution in [2.75, 3.05) is 7.05 Å². The molecular formula is C12H20N2. The number of nitrogens with one attached hydrogen (secondary N) is 1. The SMILES string of the molecule is CCCC(Cc1ccc(C)cn1)NC. The van der Waals surface area contributed by atoms with E-state index in [1.54, 1.807) is 0 Å². The van der Waals surface area contributed by atoms with Gasteiger partial charge in [0, 0.05) is 24.4 Å². The normalized spacial score (nSPS) is 12.8. The minimum atomic E-state index is 0.565. The highest BCUT2D eigenvalue weighted by Crippen LogP contribution is 2.05. The largest absolute Gasteiger partial charge is 0.317 e. The molecule has 14 heavy (non-hydrogen) atoms. The Hall–Kier alpha value is -0.890. The molecule has 0 saturated heterocycles. The van der Waals surface area contributed by atoms with Crippen LogP contribution in [0.4, 0.5) is 0 Å². The fourth-order valence-electron chi connectivity index (χ4n) is 1.57. The third-order valence-electron chi connectivity index (χ3n) is 2.47. The van der Waals surface area contributed by atoms with Crippen LogP contribution >= 0.6 is 0 Å². The van der Waals surface area contributed by atoms with Gasteiger partial charge in [-0.1, -0.05) is 19.4 Å². The molecule has 0 aliphatic rings. The lowest BCUT2D eigenvalue weighted by atomic mass is 10.1. The molecule has 1 N–H and O–H groups in total. The number of hydrogen-bond donors (Lipinski definition) is 1. The first-order valence-corrected chi connectivity index (χ1v) is 5.35. The molecule has 78 valence electrons.